The molecule has 0 aliphatic heterocycles. The summed E-state index contributed by atoms with van der Waals surface area (Å²) >= 11 is 0. The number of aliphatic hydroxyl groups is 1. The standard InChI is InChI=1S/C12H14F3NO3/c1-8(16-11(18)19-7-6-17)9-2-4-10(5-3-9)12(13,14)15/h2-5,8,17H,6-7H2,1H3,(H,16,18). The number of carbonyl (C=O) groups excluding carboxylic acids is 1. The SMILES string of the molecule is CC(NC(=O)OCCO)c1ccc(C(F)(F)F)cc1. The summed E-state index contributed by atoms with van der Waals surface area (Å²) < 4.78 is 41.7. The summed E-state index contributed by atoms with van der Waals surface area (Å²) in [6.45, 7) is 1.19. The number of amides is 1. The molecule has 106 valence electrons. The molecule has 1 amide bonds. The van der Waals surface area contributed by atoms with Crippen LogP contribution in [0.25, 0.3) is 0 Å². The Labute approximate surface area is 108 Å². The molecule has 0 radical (unpaired) electrons. The van der Waals surface area contributed by atoms with Gasteiger partial charge in [0.2, 0.25) is 0 Å². The number of alkyl halides is 3. The second-order valence-electron chi connectivity index (χ2n) is 3.85. The normalized spacial score (nSPS) is 12.9. The van der Waals surface area contributed by atoms with Gasteiger partial charge in [0.05, 0.1) is 18.2 Å². The van der Waals surface area contributed by atoms with E-state index in [2.05, 4.69) is 10.1 Å². The number of nitrogens with one attached hydrogen (secondary N) is 1. The molecule has 0 saturated carbocycles. The van der Waals surface area contributed by atoms with Gasteiger partial charge in [0, 0.05) is 0 Å². The first-order valence-corrected chi connectivity index (χ1v) is 5.56. The zero-order valence-corrected chi connectivity index (χ0v) is 10.2. The van der Waals surface area contributed by atoms with E-state index in [9.17, 15) is 18.0 Å². The smallest absolute Gasteiger partial charge is 0.416 e. The summed E-state index contributed by atoms with van der Waals surface area (Å²) in [4.78, 5) is 11.2. The molecule has 2 N–H and O–H groups in total. The minimum Gasteiger partial charge on any atom is -0.447 e. The zero-order valence-electron chi connectivity index (χ0n) is 10.2. The monoisotopic (exact) mass is 277 g/mol. The molecule has 1 rings (SSSR count). The average Bonchev–Trinajstić information content (AvgIpc) is 2.35. The van der Waals surface area contributed by atoms with Crippen LogP contribution in [0.5, 0.6) is 0 Å². The number of alkyl carbamates (subject to hydrolysis) is 1. The maximum atomic E-state index is 12.4. The molecule has 0 aromatic heterocycles. The van der Waals surface area contributed by atoms with E-state index in [0.717, 1.165) is 12.1 Å². The highest BCUT2D eigenvalue weighted by atomic mass is 19.4. The maximum absolute atomic E-state index is 12.4. The molecule has 4 nitrogen and oxygen atoms in total. The van der Waals surface area contributed by atoms with E-state index in [0.29, 0.717) is 5.56 Å². The highest BCUT2D eigenvalue weighted by molar-refractivity contribution is 5.67. The van der Waals surface area contributed by atoms with Crippen molar-refractivity contribution < 1.29 is 27.8 Å². The fraction of sp³-hybridized carbons (Fsp3) is 0.417. The van der Waals surface area contributed by atoms with E-state index >= 15 is 0 Å². The van der Waals surface area contributed by atoms with Crippen molar-refractivity contribution in [2.75, 3.05) is 13.2 Å². The summed E-state index contributed by atoms with van der Waals surface area (Å²) in [5.41, 5.74) is -0.222. The fourth-order valence-corrected chi connectivity index (χ4v) is 1.40. The van der Waals surface area contributed by atoms with Crippen molar-refractivity contribution in [3.8, 4) is 0 Å². The Bertz CT molecular complexity index is 417. The van der Waals surface area contributed by atoms with Crippen LogP contribution in [0.1, 0.15) is 24.1 Å². The van der Waals surface area contributed by atoms with Crippen molar-refractivity contribution >= 4 is 6.09 Å². The van der Waals surface area contributed by atoms with Crippen molar-refractivity contribution in [3.05, 3.63) is 35.4 Å². The molecule has 0 fully saturated rings. The molecule has 19 heavy (non-hydrogen) atoms. The van der Waals surface area contributed by atoms with Crippen LogP contribution in [0.15, 0.2) is 24.3 Å². The van der Waals surface area contributed by atoms with Gasteiger partial charge in [-0.2, -0.15) is 13.2 Å². The van der Waals surface area contributed by atoms with Crippen molar-refractivity contribution in [3.63, 3.8) is 0 Å². The van der Waals surface area contributed by atoms with Crippen LogP contribution in [0, 0.1) is 0 Å². The van der Waals surface area contributed by atoms with Gasteiger partial charge in [0.1, 0.15) is 6.61 Å². The number of hydrogen-bond donors (Lipinski definition) is 2. The molecule has 7 heteroatoms. The first-order chi connectivity index (χ1) is 8.84. The van der Waals surface area contributed by atoms with E-state index < -0.39 is 23.9 Å². The lowest BCUT2D eigenvalue weighted by atomic mass is 10.1. The van der Waals surface area contributed by atoms with Crippen LogP contribution in [-0.2, 0) is 10.9 Å². The number of aliphatic hydroxyl groups excluding tert-OH is 1. The quantitative estimate of drug-likeness (QED) is 0.889. The Morgan fingerprint density at radius 2 is 1.95 bits per heavy atom. The number of carbonyl (C=O) groups is 1. The first kappa shape index (κ1) is 15.3. The van der Waals surface area contributed by atoms with E-state index in [1.54, 1.807) is 6.92 Å². The van der Waals surface area contributed by atoms with E-state index in [-0.39, 0.29) is 13.2 Å². The second kappa shape index (κ2) is 6.42. The minimum absolute atomic E-state index is 0.133. The van der Waals surface area contributed by atoms with Crippen molar-refractivity contribution in [2.24, 2.45) is 0 Å². The van der Waals surface area contributed by atoms with Crippen molar-refractivity contribution in [1.82, 2.24) is 5.32 Å². The molecular weight excluding hydrogens is 263 g/mol. The van der Waals surface area contributed by atoms with Gasteiger partial charge in [-0.3, -0.25) is 0 Å². The number of rotatable bonds is 4. The fourth-order valence-electron chi connectivity index (χ4n) is 1.40. The summed E-state index contributed by atoms with van der Waals surface area (Å²) in [5.74, 6) is 0. The average molecular weight is 277 g/mol. The predicted octanol–water partition coefficient (Wildman–Crippen LogP) is 2.48. The maximum Gasteiger partial charge on any atom is 0.416 e. The molecule has 0 bridgehead atoms. The van der Waals surface area contributed by atoms with Crippen LogP contribution < -0.4 is 5.32 Å². The zero-order chi connectivity index (χ0) is 14.5. The van der Waals surface area contributed by atoms with Gasteiger partial charge in [-0.05, 0) is 24.6 Å². The van der Waals surface area contributed by atoms with Crippen molar-refractivity contribution in [2.45, 2.75) is 19.1 Å². The summed E-state index contributed by atoms with van der Waals surface area (Å²) in [5, 5.41) is 10.9. The number of benzene rings is 1. The van der Waals surface area contributed by atoms with Gasteiger partial charge < -0.3 is 15.2 Å². The van der Waals surface area contributed by atoms with Gasteiger partial charge in [-0.15, -0.1) is 0 Å². The molecule has 0 aliphatic rings. The van der Waals surface area contributed by atoms with Gasteiger partial charge in [-0.25, -0.2) is 4.79 Å². The third-order valence-electron chi connectivity index (χ3n) is 2.40. The second-order valence-corrected chi connectivity index (χ2v) is 3.85. The van der Waals surface area contributed by atoms with Gasteiger partial charge >= 0.3 is 12.3 Å². The van der Waals surface area contributed by atoms with E-state index in [1.807, 2.05) is 0 Å². The Morgan fingerprint density at radius 1 is 1.37 bits per heavy atom. The molecule has 1 atom stereocenters. The van der Waals surface area contributed by atoms with Gasteiger partial charge in [-0.1, -0.05) is 12.1 Å². The molecule has 1 aromatic carbocycles. The summed E-state index contributed by atoms with van der Waals surface area (Å²) in [6, 6.07) is 3.99. The third kappa shape index (κ3) is 4.78. The largest absolute Gasteiger partial charge is 0.447 e. The lowest BCUT2D eigenvalue weighted by Gasteiger charge is -2.15. The molecule has 0 heterocycles. The Morgan fingerprint density at radius 3 is 2.42 bits per heavy atom. The lowest BCUT2D eigenvalue weighted by molar-refractivity contribution is -0.137. The molecule has 1 unspecified atom stereocenters. The molecule has 0 spiro atoms. The molecule has 0 aliphatic carbocycles. The highest BCUT2D eigenvalue weighted by Gasteiger charge is 2.30. The summed E-state index contributed by atoms with van der Waals surface area (Å²) in [7, 11) is 0. The molecule has 0 saturated heterocycles. The van der Waals surface area contributed by atoms with E-state index in [1.165, 1.54) is 12.1 Å². The van der Waals surface area contributed by atoms with Crippen LogP contribution in [-0.4, -0.2) is 24.4 Å². The van der Waals surface area contributed by atoms with Gasteiger partial charge in [0.15, 0.2) is 0 Å². The first-order valence-electron chi connectivity index (χ1n) is 5.56. The third-order valence-corrected chi connectivity index (χ3v) is 2.40. The highest BCUT2D eigenvalue weighted by Crippen LogP contribution is 2.29. The van der Waals surface area contributed by atoms with Crippen molar-refractivity contribution in [1.29, 1.82) is 0 Å². The van der Waals surface area contributed by atoms with Crippen LogP contribution >= 0.6 is 0 Å². The Hall–Kier alpha value is -1.76. The summed E-state index contributed by atoms with van der Waals surface area (Å²) in [6.07, 6.45) is -5.11. The molecule has 1 aromatic rings. The number of hydrogen-bond acceptors (Lipinski definition) is 3. The molecular formula is C12H14F3NO3. The van der Waals surface area contributed by atoms with Crippen LogP contribution in [0.3, 0.4) is 0 Å². The predicted molar refractivity (Wildman–Crippen MR) is 61.4 cm³/mol. The Kier molecular flexibility index (Phi) is 5.17. The minimum atomic E-state index is -4.38. The topological polar surface area (TPSA) is 58.6 Å². The van der Waals surface area contributed by atoms with Crippen LogP contribution in [0.2, 0.25) is 0 Å². The lowest BCUT2D eigenvalue weighted by Crippen LogP contribution is -2.28. The number of ether oxygens (including phenoxy) is 1. The van der Waals surface area contributed by atoms with Crippen LogP contribution in [0.4, 0.5) is 18.0 Å². The number of halogens is 3. The Balaban J connectivity index is 2.63. The van der Waals surface area contributed by atoms with Gasteiger partial charge in [0.25, 0.3) is 0 Å². The van der Waals surface area contributed by atoms with E-state index in [4.69, 9.17) is 5.11 Å².